The summed E-state index contributed by atoms with van der Waals surface area (Å²) in [7, 11) is 0. The second-order valence-corrected chi connectivity index (χ2v) is 5.66. The normalized spacial score (nSPS) is 21.9. The minimum absolute atomic E-state index is 0.167. The number of nitrogens with zero attached hydrogens (tertiary/aromatic N) is 1. The highest BCUT2D eigenvalue weighted by molar-refractivity contribution is 7.99. The summed E-state index contributed by atoms with van der Waals surface area (Å²) in [6.45, 7) is 0. The molecule has 2 aliphatic rings. The second kappa shape index (κ2) is 3.74. The first-order chi connectivity index (χ1) is 7.36. The topological polar surface area (TPSA) is 37.8 Å². The van der Waals surface area contributed by atoms with Crippen molar-refractivity contribution < 1.29 is 0 Å². The first-order valence-corrected chi connectivity index (χ1v) is 6.92. The molecule has 1 N–H and O–H groups in total. The fourth-order valence-corrected chi connectivity index (χ4v) is 3.82. The average Bonchev–Trinajstić information content (AvgIpc) is 2.84. The first kappa shape index (κ1) is 9.58. The van der Waals surface area contributed by atoms with E-state index in [4.69, 9.17) is 0 Å². The minimum atomic E-state index is 0.167. The molecule has 0 atom stereocenters. The molecule has 2 heterocycles. The zero-order chi connectivity index (χ0) is 10.3. The maximum atomic E-state index is 11.7. The maximum absolute atomic E-state index is 11.7. The van der Waals surface area contributed by atoms with E-state index >= 15 is 0 Å². The summed E-state index contributed by atoms with van der Waals surface area (Å²) in [6, 6.07) is 0.556. The van der Waals surface area contributed by atoms with Crippen LogP contribution in [-0.2, 0) is 12.8 Å². The van der Waals surface area contributed by atoms with Crippen LogP contribution in [0.3, 0.4) is 0 Å². The Kier molecular flexibility index (Phi) is 2.39. The van der Waals surface area contributed by atoms with Crippen LogP contribution in [0.4, 0.5) is 0 Å². The molecule has 1 aliphatic carbocycles. The van der Waals surface area contributed by atoms with Gasteiger partial charge in [0.1, 0.15) is 0 Å². The van der Waals surface area contributed by atoms with Crippen LogP contribution in [0.2, 0.25) is 0 Å². The minimum Gasteiger partial charge on any atom is -0.286 e. The van der Waals surface area contributed by atoms with E-state index in [0.717, 1.165) is 24.8 Å². The summed E-state index contributed by atoms with van der Waals surface area (Å²) < 4.78 is 2.18. The van der Waals surface area contributed by atoms with Crippen LogP contribution < -0.4 is 5.56 Å². The van der Waals surface area contributed by atoms with E-state index in [2.05, 4.69) is 9.78 Å². The van der Waals surface area contributed by atoms with Crippen LogP contribution in [0, 0.1) is 0 Å². The van der Waals surface area contributed by atoms with E-state index < -0.39 is 0 Å². The van der Waals surface area contributed by atoms with Gasteiger partial charge in [-0.2, -0.15) is 11.8 Å². The molecule has 82 valence electrons. The zero-order valence-corrected chi connectivity index (χ0v) is 9.61. The van der Waals surface area contributed by atoms with Gasteiger partial charge in [0.2, 0.25) is 0 Å². The Labute approximate surface area is 93.2 Å². The van der Waals surface area contributed by atoms with Gasteiger partial charge in [0.05, 0.1) is 6.04 Å². The van der Waals surface area contributed by atoms with Crippen molar-refractivity contribution in [3.8, 4) is 0 Å². The van der Waals surface area contributed by atoms with Gasteiger partial charge in [0, 0.05) is 11.3 Å². The largest absolute Gasteiger partial charge is 0.286 e. The number of hydrogen-bond acceptors (Lipinski definition) is 2. The van der Waals surface area contributed by atoms with Gasteiger partial charge in [-0.25, -0.2) is 0 Å². The van der Waals surface area contributed by atoms with E-state index in [9.17, 15) is 4.79 Å². The fraction of sp³-hybridized carbons (Fsp3) is 0.727. The number of rotatable bonds is 1. The van der Waals surface area contributed by atoms with Gasteiger partial charge in [-0.15, -0.1) is 0 Å². The molecular weight excluding hydrogens is 208 g/mol. The third kappa shape index (κ3) is 1.55. The Bertz CT molecular complexity index is 415. The SMILES string of the molecule is O=c1[nH]n(C2CCSCC2)c2c1CCC2. The molecule has 0 radical (unpaired) electrons. The fourth-order valence-electron chi connectivity index (χ4n) is 2.74. The van der Waals surface area contributed by atoms with E-state index in [1.165, 1.54) is 30.0 Å². The molecule has 3 rings (SSSR count). The van der Waals surface area contributed by atoms with Gasteiger partial charge in [-0.1, -0.05) is 0 Å². The molecule has 1 fully saturated rings. The highest BCUT2D eigenvalue weighted by atomic mass is 32.2. The summed E-state index contributed by atoms with van der Waals surface area (Å²) in [5, 5.41) is 3.04. The van der Waals surface area contributed by atoms with Gasteiger partial charge in [-0.3, -0.25) is 14.6 Å². The number of hydrogen-bond donors (Lipinski definition) is 1. The predicted octanol–water partition coefficient (Wildman–Crippen LogP) is 1.73. The molecule has 0 unspecified atom stereocenters. The van der Waals surface area contributed by atoms with Gasteiger partial charge in [0.15, 0.2) is 0 Å². The molecule has 1 aromatic rings. The maximum Gasteiger partial charge on any atom is 0.267 e. The highest BCUT2D eigenvalue weighted by Crippen LogP contribution is 2.29. The van der Waals surface area contributed by atoms with Crippen molar-refractivity contribution >= 4 is 11.8 Å². The summed E-state index contributed by atoms with van der Waals surface area (Å²) >= 11 is 2.03. The zero-order valence-electron chi connectivity index (χ0n) is 8.79. The monoisotopic (exact) mass is 224 g/mol. The molecule has 3 nitrogen and oxygen atoms in total. The van der Waals surface area contributed by atoms with Crippen molar-refractivity contribution in [2.45, 2.75) is 38.1 Å². The molecule has 1 aliphatic heterocycles. The van der Waals surface area contributed by atoms with Crippen molar-refractivity contribution in [1.82, 2.24) is 9.78 Å². The van der Waals surface area contributed by atoms with E-state index in [1.54, 1.807) is 0 Å². The second-order valence-electron chi connectivity index (χ2n) is 4.43. The number of fused-ring (bicyclic) bond motifs is 1. The van der Waals surface area contributed by atoms with Crippen molar-refractivity contribution in [1.29, 1.82) is 0 Å². The molecule has 0 amide bonds. The Morgan fingerprint density at radius 2 is 2.07 bits per heavy atom. The molecule has 1 saturated heterocycles. The van der Waals surface area contributed by atoms with Crippen LogP contribution >= 0.6 is 11.8 Å². The lowest BCUT2D eigenvalue weighted by Crippen LogP contribution is -2.19. The number of H-pyrrole nitrogens is 1. The van der Waals surface area contributed by atoms with Crippen molar-refractivity contribution in [3.05, 3.63) is 21.6 Å². The molecule has 15 heavy (non-hydrogen) atoms. The summed E-state index contributed by atoms with van der Waals surface area (Å²) in [4.78, 5) is 11.7. The number of nitrogens with one attached hydrogen (secondary N) is 1. The van der Waals surface area contributed by atoms with Crippen molar-refractivity contribution in [2.24, 2.45) is 0 Å². The summed E-state index contributed by atoms with van der Waals surface area (Å²) in [6.07, 6.45) is 5.66. The smallest absolute Gasteiger partial charge is 0.267 e. The standard InChI is InChI=1S/C11H16N2OS/c14-11-9-2-1-3-10(9)13(12-11)8-4-6-15-7-5-8/h8H,1-7H2,(H,12,14). The van der Waals surface area contributed by atoms with Gasteiger partial charge < -0.3 is 0 Å². The Morgan fingerprint density at radius 3 is 2.87 bits per heavy atom. The molecule has 0 saturated carbocycles. The quantitative estimate of drug-likeness (QED) is 0.789. The van der Waals surface area contributed by atoms with Crippen LogP contribution in [-0.4, -0.2) is 21.3 Å². The van der Waals surface area contributed by atoms with Crippen molar-refractivity contribution in [2.75, 3.05) is 11.5 Å². The predicted molar refractivity (Wildman–Crippen MR) is 62.7 cm³/mol. The van der Waals surface area contributed by atoms with E-state index in [-0.39, 0.29) is 5.56 Å². The third-order valence-electron chi connectivity index (χ3n) is 3.53. The number of thioether (sulfide) groups is 1. The van der Waals surface area contributed by atoms with Gasteiger partial charge in [-0.05, 0) is 43.6 Å². The first-order valence-electron chi connectivity index (χ1n) is 5.76. The van der Waals surface area contributed by atoms with Crippen LogP contribution in [0.15, 0.2) is 4.79 Å². The van der Waals surface area contributed by atoms with Crippen LogP contribution in [0.5, 0.6) is 0 Å². The molecule has 0 spiro atoms. The van der Waals surface area contributed by atoms with Gasteiger partial charge in [0.25, 0.3) is 5.56 Å². The average molecular weight is 224 g/mol. The van der Waals surface area contributed by atoms with Crippen LogP contribution in [0.1, 0.15) is 36.6 Å². The number of aromatic nitrogens is 2. The van der Waals surface area contributed by atoms with Crippen molar-refractivity contribution in [3.63, 3.8) is 0 Å². The third-order valence-corrected chi connectivity index (χ3v) is 4.58. The highest BCUT2D eigenvalue weighted by Gasteiger charge is 2.25. The summed E-state index contributed by atoms with van der Waals surface area (Å²) in [5.74, 6) is 2.47. The lowest BCUT2D eigenvalue weighted by molar-refractivity contribution is 0.411. The van der Waals surface area contributed by atoms with Crippen LogP contribution in [0.25, 0.3) is 0 Å². The lowest BCUT2D eigenvalue weighted by atomic mass is 10.1. The van der Waals surface area contributed by atoms with E-state index in [1.807, 2.05) is 11.8 Å². The molecular formula is C11H16N2OS. The molecule has 0 aromatic carbocycles. The lowest BCUT2D eigenvalue weighted by Gasteiger charge is -2.24. The Morgan fingerprint density at radius 1 is 1.27 bits per heavy atom. The molecule has 0 bridgehead atoms. The summed E-state index contributed by atoms with van der Waals surface area (Å²) in [5.41, 5.74) is 2.53. The molecule has 1 aromatic heterocycles. The number of aromatic amines is 1. The van der Waals surface area contributed by atoms with E-state index in [0.29, 0.717) is 6.04 Å². The molecule has 4 heteroatoms. The Balaban J connectivity index is 1.97. The Hall–Kier alpha value is -0.640. The van der Waals surface area contributed by atoms with Gasteiger partial charge >= 0.3 is 0 Å².